The van der Waals surface area contributed by atoms with Gasteiger partial charge in [-0.1, -0.05) is 20.3 Å². The second-order valence-corrected chi connectivity index (χ2v) is 23.8. The van der Waals surface area contributed by atoms with E-state index in [-0.39, 0.29) is 0 Å². The van der Waals surface area contributed by atoms with Crippen molar-refractivity contribution in [2.75, 3.05) is 125 Å². The summed E-state index contributed by atoms with van der Waals surface area (Å²) in [5.74, 6) is 1.65. The lowest BCUT2D eigenvalue weighted by Gasteiger charge is -2.42. The van der Waals surface area contributed by atoms with Crippen molar-refractivity contribution >= 4 is 0 Å². The van der Waals surface area contributed by atoms with E-state index >= 15 is 0 Å². The second kappa shape index (κ2) is 28.5. The number of likely N-dealkylation sites (N-methyl/N-ethyl adjacent to an activating group) is 1. The molecule has 0 spiro atoms. The molecule has 0 bridgehead atoms. The zero-order valence-electron chi connectivity index (χ0n) is 43.9. The summed E-state index contributed by atoms with van der Waals surface area (Å²) >= 11 is 0. The van der Waals surface area contributed by atoms with E-state index in [0.29, 0.717) is 27.7 Å². The van der Waals surface area contributed by atoms with Crippen LogP contribution in [0.4, 0.5) is 0 Å². The van der Waals surface area contributed by atoms with Crippen LogP contribution in [0, 0.1) is 11.8 Å². The first-order chi connectivity index (χ1) is 27.7. The number of piperidine rings is 1. The van der Waals surface area contributed by atoms with E-state index in [4.69, 9.17) is 14.2 Å². The number of morpholine rings is 1. The van der Waals surface area contributed by atoms with Crippen LogP contribution in [0.5, 0.6) is 0 Å². The Morgan fingerprint density at radius 1 is 0.317 bits per heavy atom. The fourth-order valence-corrected chi connectivity index (χ4v) is 7.96. The molecule has 0 aromatic rings. The molecule has 360 valence electrons. The van der Waals surface area contributed by atoms with Crippen LogP contribution >= 0.6 is 0 Å². The molecule has 9 heteroatoms. The minimum atomic E-state index is 0.323. The summed E-state index contributed by atoms with van der Waals surface area (Å²) in [5, 5.41) is 0. The molecule has 0 radical (unpaired) electrons. The zero-order valence-corrected chi connectivity index (χ0v) is 43.9. The van der Waals surface area contributed by atoms with Crippen LogP contribution < -0.4 is 0 Å². The highest BCUT2D eigenvalue weighted by Gasteiger charge is 2.27. The summed E-state index contributed by atoms with van der Waals surface area (Å²) in [7, 11) is 2.19. The monoisotopic (exact) mass is 853 g/mol. The average molecular weight is 853 g/mol. The molecular weight excluding hydrogens is 745 g/mol. The number of likely N-dealkylation sites (tertiary alicyclic amines) is 3. The third-order valence-electron chi connectivity index (χ3n) is 12.9. The van der Waals surface area contributed by atoms with Crippen LogP contribution in [0.25, 0.3) is 0 Å². The van der Waals surface area contributed by atoms with E-state index in [2.05, 4.69) is 154 Å². The van der Waals surface area contributed by atoms with Gasteiger partial charge >= 0.3 is 0 Å². The molecule has 0 unspecified atom stereocenters. The quantitative estimate of drug-likeness (QED) is 0.237. The summed E-state index contributed by atoms with van der Waals surface area (Å²) in [4.78, 5) is 15.0. The van der Waals surface area contributed by atoms with Gasteiger partial charge in [0.1, 0.15) is 0 Å². The molecule has 7 aliphatic heterocycles. The second-order valence-electron chi connectivity index (χ2n) is 23.8. The van der Waals surface area contributed by atoms with Gasteiger partial charge in [0.15, 0.2) is 0 Å². The SMILES string of the molecule is CC(C)(C)N1CCC1.CC(C)(C)N1CCCC1.CC(C)(C)N1CCCCC1.CC(C)(C)N1CCOCC1.CN1CCN(C(C)(C)C)CC1.C[C@@H]1CCOC1.C[C@H]1CCOC1. The van der Waals surface area contributed by atoms with Gasteiger partial charge in [0.2, 0.25) is 0 Å². The fourth-order valence-electron chi connectivity index (χ4n) is 7.96. The molecule has 0 N–H and O–H groups in total. The largest absolute Gasteiger partial charge is 0.381 e. The van der Waals surface area contributed by atoms with Crippen LogP contribution in [-0.2, 0) is 14.2 Å². The standard InChI is InChI=1S/C9H20N2.C9H19N.C8H17NO.C8H17N.C7H15N.2C5H10O/c1-9(2,3)11-7-5-10(4)6-8-11;1-9(2,3)10-7-5-4-6-8-10;1-8(2,3)9-4-6-10-7-5-9;1-8(2,3)9-6-4-5-7-9;1-7(2,3)8-5-4-6-8;2*1-5-2-3-6-4-5/h5-8H2,1-4H3;4-8H2,1-3H3;4-7H2,1-3H3;4-7H2,1-3H3;4-6H2,1-3H3;2*5H,2-4H2,1H3/t;;;;;2*5-/m.....10/s1. The number of rotatable bonds is 0. The molecule has 0 saturated carbocycles. The fraction of sp³-hybridized carbons (Fsp3) is 1.00. The Kier molecular flexibility index (Phi) is 27.4. The van der Waals surface area contributed by atoms with Crippen LogP contribution in [0.1, 0.15) is 169 Å². The predicted molar refractivity (Wildman–Crippen MR) is 262 cm³/mol. The van der Waals surface area contributed by atoms with Crippen LogP contribution in [0.15, 0.2) is 0 Å². The molecule has 9 nitrogen and oxygen atoms in total. The lowest BCUT2D eigenvalue weighted by Crippen LogP contribution is -2.52. The highest BCUT2D eigenvalue weighted by Crippen LogP contribution is 2.21. The Labute approximate surface area is 376 Å². The highest BCUT2D eigenvalue weighted by molar-refractivity contribution is 4.83. The van der Waals surface area contributed by atoms with E-state index in [1.165, 1.54) is 117 Å². The Morgan fingerprint density at radius 3 is 0.800 bits per heavy atom. The van der Waals surface area contributed by atoms with Crippen molar-refractivity contribution in [2.24, 2.45) is 11.8 Å². The van der Waals surface area contributed by atoms with Crippen molar-refractivity contribution in [1.29, 1.82) is 0 Å². The van der Waals surface area contributed by atoms with E-state index in [1.54, 1.807) is 0 Å². The smallest absolute Gasteiger partial charge is 0.0594 e. The highest BCUT2D eigenvalue weighted by atomic mass is 16.5. The van der Waals surface area contributed by atoms with Gasteiger partial charge in [0.05, 0.1) is 13.2 Å². The summed E-state index contributed by atoms with van der Waals surface area (Å²) < 4.78 is 15.4. The van der Waals surface area contributed by atoms with Crippen molar-refractivity contribution in [3.05, 3.63) is 0 Å². The van der Waals surface area contributed by atoms with Gasteiger partial charge in [-0.15, -0.1) is 0 Å². The van der Waals surface area contributed by atoms with Gasteiger partial charge in [0.25, 0.3) is 0 Å². The summed E-state index contributed by atoms with van der Waals surface area (Å²) in [6.07, 6.45) is 11.0. The van der Waals surface area contributed by atoms with Crippen LogP contribution in [0.2, 0.25) is 0 Å². The minimum Gasteiger partial charge on any atom is -0.381 e. The van der Waals surface area contributed by atoms with Gasteiger partial charge < -0.3 is 19.1 Å². The summed E-state index contributed by atoms with van der Waals surface area (Å²) in [6, 6.07) is 0. The van der Waals surface area contributed by atoms with Crippen molar-refractivity contribution in [3.8, 4) is 0 Å². The molecule has 2 atom stereocenters. The molecule has 7 saturated heterocycles. The molecule has 7 fully saturated rings. The Balaban J connectivity index is 0.000000353. The molecule has 60 heavy (non-hydrogen) atoms. The normalized spacial score (nSPS) is 25.5. The number of piperazine rings is 1. The van der Waals surface area contributed by atoms with E-state index in [9.17, 15) is 0 Å². The summed E-state index contributed by atoms with van der Waals surface area (Å²) in [5.41, 5.74) is 1.93. The number of ether oxygens (including phenoxy) is 3. The molecule has 7 heterocycles. The maximum Gasteiger partial charge on any atom is 0.0594 e. The van der Waals surface area contributed by atoms with E-state index in [0.717, 1.165) is 64.6 Å². The first kappa shape index (κ1) is 57.7. The van der Waals surface area contributed by atoms with Crippen LogP contribution in [-0.4, -0.2) is 182 Å². The van der Waals surface area contributed by atoms with Gasteiger partial charge in [-0.05, 0) is 207 Å². The van der Waals surface area contributed by atoms with Gasteiger partial charge in [-0.25, -0.2) is 0 Å². The zero-order chi connectivity index (χ0) is 45.6. The molecule has 0 amide bonds. The third kappa shape index (κ3) is 27.1. The van der Waals surface area contributed by atoms with Gasteiger partial charge in [-0.2, -0.15) is 0 Å². The van der Waals surface area contributed by atoms with Crippen molar-refractivity contribution in [3.63, 3.8) is 0 Å². The predicted octanol–water partition coefficient (Wildman–Crippen LogP) is 9.88. The van der Waals surface area contributed by atoms with Crippen LogP contribution in [0.3, 0.4) is 0 Å². The van der Waals surface area contributed by atoms with E-state index < -0.39 is 0 Å². The van der Waals surface area contributed by atoms with E-state index in [1.807, 2.05) is 0 Å². The Bertz CT molecular complexity index is 972. The summed E-state index contributed by atoms with van der Waals surface area (Å²) in [6.45, 7) is 59.3. The lowest BCUT2D eigenvalue weighted by molar-refractivity contribution is -0.00389. The molecule has 7 rings (SSSR count). The van der Waals surface area contributed by atoms with Crippen molar-refractivity contribution < 1.29 is 14.2 Å². The molecular formula is C51H108N6O3. The maximum atomic E-state index is 5.25. The van der Waals surface area contributed by atoms with Gasteiger partial charge in [0, 0.05) is 93.4 Å². The Morgan fingerprint density at radius 2 is 0.600 bits per heavy atom. The molecule has 0 aliphatic carbocycles. The first-order valence-corrected chi connectivity index (χ1v) is 24.9. The van der Waals surface area contributed by atoms with Crippen molar-refractivity contribution in [2.45, 2.75) is 197 Å². The molecule has 0 aromatic heterocycles. The molecule has 0 aromatic carbocycles. The maximum absolute atomic E-state index is 5.25. The minimum absolute atomic E-state index is 0.323. The topological polar surface area (TPSA) is 47.1 Å². The average Bonchev–Trinajstić information content (AvgIpc) is 3.94. The number of hydrogen-bond acceptors (Lipinski definition) is 9. The van der Waals surface area contributed by atoms with Gasteiger partial charge in [-0.3, -0.25) is 24.5 Å². The molecule has 7 aliphatic rings. The van der Waals surface area contributed by atoms with Crippen molar-refractivity contribution in [1.82, 2.24) is 29.4 Å². The third-order valence-corrected chi connectivity index (χ3v) is 12.9. The number of hydrogen-bond donors (Lipinski definition) is 0. The Hall–Kier alpha value is -0.360. The first-order valence-electron chi connectivity index (χ1n) is 24.9. The lowest BCUT2D eigenvalue weighted by atomic mass is 10.0. The number of nitrogens with zero attached hydrogens (tertiary/aromatic N) is 6.